The van der Waals surface area contributed by atoms with E-state index in [0.717, 1.165) is 38.8 Å². The molecule has 2 aromatic carbocycles. The van der Waals surface area contributed by atoms with E-state index >= 15 is 0 Å². The largest absolute Gasteiger partial charge is 0.384 e. The maximum atomic E-state index is 13.8. The molecular formula is C31H35N5OS2. The zero-order valence-corrected chi connectivity index (χ0v) is 24.8. The van der Waals surface area contributed by atoms with Gasteiger partial charge in [0.2, 0.25) is 0 Å². The van der Waals surface area contributed by atoms with E-state index in [9.17, 15) is 4.79 Å². The van der Waals surface area contributed by atoms with Crippen LogP contribution in [0.25, 0.3) is 4.91 Å². The summed E-state index contributed by atoms with van der Waals surface area (Å²) in [6.45, 7) is 9.00. The molecule has 8 heteroatoms. The normalized spacial score (nSPS) is 17.2. The molecule has 1 aliphatic heterocycles. The van der Waals surface area contributed by atoms with Crippen LogP contribution in [0.2, 0.25) is 0 Å². The Balaban J connectivity index is 2.05. The van der Waals surface area contributed by atoms with Crippen molar-refractivity contribution in [3.05, 3.63) is 112 Å². The van der Waals surface area contributed by atoms with Crippen molar-refractivity contribution < 1.29 is 4.79 Å². The van der Waals surface area contributed by atoms with Gasteiger partial charge in [-0.2, -0.15) is 5.26 Å². The molecule has 0 atom stereocenters. The van der Waals surface area contributed by atoms with Crippen LogP contribution in [0.3, 0.4) is 0 Å². The summed E-state index contributed by atoms with van der Waals surface area (Å²) in [5.41, 5.74) is 5.37. The zero-order chi connectivity index (χ0) is 28.4. The summed E-state index contributed by atoms with van der Waals surface area (Å²) < 4.78 is 0. The van der Waals surface area contributed by atoms with Gasteiger partial charge in [-0.3, -0.25) is 9.69 Å². The Morgan fingerprint density at radius 1 is 1.13 bits per heavy atom. The number of carbonyl (C=O) groups excluding carboxylic acids is 1. The number of hydrogen-bond donors (Lipinski definition) is 2. The van der Waals surface area contributed by atoms with Gasteiger partial charge < -0.3 is 10.2 Å². The van der Waals surface area contributed by atoms with Gasteiger partial charge in [0.25, 0.3) is 5.91 Å². The predicted molar refractivity (Wildman–Crippen MR) is 166 cm³/mol. The lowest BCUT2D eigenvalue weighted by Crippen LogP contribution is -2.29. The lowest BCUT2D eigenvalue weighted by Gasteiger charge is -2.24. The SMILES string of the molecule is CCNC(/C=C\CC#N)=C(/C)N=C1S/C(=C(\C)N(C)/C(C)=C(\S)c2ccccc2)C(=O)N1Cc1ccccc1. The number of likely N-dealkylation sites (N-methyl/N-ethyl adjacent to an activating group) is 1. The third-order valence-electron chi connectivity index (χ3n) is 6.29. The van der Waals surface area contributed by atoms with Gasteiger partial charge in [-0.05, 0) is 56.7 Å². The summed E-state index contributed by atoms with van der Waals surface area (Å²) in [6.07, 6.45) is 3.99. The minimum absolute atomic E-state index is 0.0852. The number of nitriles is 1. The lowest BCUT2D eigenvalue weighted by atomic mass is 10.2. The van der Waals surface area contributed by atoms with Gasteiger partial charge in [0.1, 0.15) is 0 Å². The van der Waals surface area contributed by atoms with Crippen LogP contribution in [0.4, 0.5) is 0 Å². The van der Waals surface area contributed by atoms with Gasteiger partial charge in [0.15, 0.2) is 5.17 Å². The standard InChI is InChI=1S/C31H35N5OS2/c1-6-33-27(19-13-14-20-32)22(2)34-31-36(21-25-15-9-7-10-16-25)30(37)29(39-31)24(4)35(5)23(3)28(38)26-17-11-8-12-18-26/h7-13,15-19,33,38H,6,14,21H2,1-5H3/b19-13-,27-22-,28-23-,29-24+,34-31?. The first-order valence-electron chi connectivity index (χ1n) is 12.8. The number of carbonyl (C=O) groups is 1. The highest BCUT2D eigenvalue weighted by molar-refractivity contribution is 8.18. The van der Waals surface area contributed by atoms with Crippen molar-refractivity contribution in [2.75, 3.05) is 13.6 Å². The molecule has 1 N–H and O–H groups in total. The Kier molecular flexibility index (Phi) is 11.1. The van der Waals surface area contributed by atoms with Crippen LogP contribution in [0.1, 0.15) is 45.2 Å². The molecule has 0 radical (unpaired) electrons. The summed E-state index contributed by atoms with van der Waals surface area (Å²) in [4.78, 5) is 24.0. The number of nitrogens with zero attached hydrogens (tertiary/aromatic N) is 4. The molecule has 1 fully saturated rings. The molecule has 1 saturated heterocycles. The number of hydrogen-bond acceptors (Lipinski definition) is 7. The van der Waals surface area contributed by atoms with Crippen LogP contribution in [0.5, 0.6) is 0 Å². The van der Waals surface area contributed by atoms with E-state index in [1.54, 1.807) is 11.0 Å². The van der Waals surface area contributed by atoms with Crippen LogP contribution in [-0.2, 0) is 11.3 Å². The maximum absolute atomic E-state index is 13.8. The Bertz CT molecular complexity index is 1370. The zero-order valence-electron chi connectivity index (χ0n) is 23.1. The number of amidine groups is 1. The first-order valence-corrected chi connectivity index (χ1v) is 14.0. The summed E-state index contributed by atoms with van der Waals surface area (Å²) in [6, 6.07) is 22.0. The van der Waals surface area contributed by atoms with Crippen molar-refractivity contribution in [2.45, 2.75) is 40.7 Å². The van der Waals surface area contributed by atoms with Gasteiger partial charge in [0.05, 0.1) is 35.3 Å². The number of aliphatic imine (C=N–C) groups is 1. The molecule has 1 aliphatic rings. The third kappa shape index (κ3) is 7.69. The summed E-state index contributed by atoms with van der Waals surface area (Å²) >= 11 is 6.17. The van der Waals surface area contributed by atoms with E-state index in [-0.39, 0.29) is 5.91 Å². The highest BCUT2D eigenvalue weighted by Gasteiger charge is 2.36. The van der Waals surface area contributed by atoms with Crippen LogP contribution < -0.4 is 5.32 Å². The van der Waals surface area contributed by atoms with E-state index in [4.69, 9.17) is 22.9 Å². The number of benzene rings is 2. The Morgan fingerprint density at radius 2 is 1.77 bits per heavy atom. The average Bonchev–Trinajstić information content (AvgIpc) is 3.26. The van der Waals surface area contributed by atoms with Crippen LogP contribution in [-0.4, -0.2) is 34.5 Å². The molecule has 0 saturated carbocycles. The molecule has 0 unspecified atom stereocenters. The van der Waals surface area contributed by atoms with Gasteiger partial charge in [-0.25, -0.2) is 4.99 Å². The van der Waals surface area contributed by atoms with Crippen LogP contribution in [0, 0.1) is 11.3 Å². The van der Waals surface area contributed by atoms with E-state index in [2.05, 4.69) is 11.4 Å². The van der Waals surface area contributed by atoms with Crippen molar-refractivity contribution in [1.29, 1.82) is 5.26 Å². The van der Waals surface area contributed by atoms with E-state index in [0.29, 0.717) is 29.6 Å². The summed E-state index contributed by atoms with van der Waals surface area (Å²) in [7, 11) is 1.95. The molecule has 202 valence electrons. The van der Waals surface area contributed by atoms with E-state index in [1.165, 1.54) is 11.8 Å². The fourth-order valence-electron chi connectivity index (χ4n) is 3.92. The number of nitrogens with one attached hydrogen (secondary N) is 1. The number of amides is 1. The third-order valence-corrected chi connectivity index (χ3v) is 8.04. The highest BCUT2D eigenvalue weighted by atomic mass is 32.2. The van der Waals surface area contributed by atoms with Crippen molar-refractivity contribution in [3.63, 3.8) is 0 Å². The highest BCUT2D eigenvalue weighted by Crippen LogP contribution is 2.37. The molecule has 0 bridgehead atoms. The van der Waals surface area contributed by atoms with Crippen molar-refractivity contribution in [1.82, 2.24) is 15.1 Å². The molecule has 0 spiro atoms. The summed E-state index contributed by atoms with van der Waals surface area (Å²) in [5, 5.41) is 12.8. The van der Waals surface area contributed by atoms with Gasteiger partial charge >= 0.3 is 0 Å². The predicted octanol–water partition coefficient (Wildman–Crippen LogP) is 6.91. The average molecular weight is 558 g/mol. The Hall–Kier alpha value is -3.67. The second kappa shape index (κ2) is 14.5. The fourth-order valence-corrected chi connectivity index (χ4v) is 5.32. The Labute approximate surface area is 241 Å². The number of rotatable bonds is 10. The maximum Gasteiger partial charge on any atom is 0.268 e. The number of thioether (sulfide) groups is 1. The van der Waals surface area contributed by atoms with Crippen LogP contribution >= 0.6 is 24.4 Å². The molecule has 0 aromatic heterocycles. The van der Waals surface area contributed by atoms with Gasteiger partial charge in [-0.15, -0.1) is 12.6 Å². The minimum atomic E-state index is -0.0852. The number of thiol groups is 1. The van der Waals surface area contributed by atoms with Crippen molar-refractivity contribution in [2.24, 2.45) is 4.99 Å². The molecule has 1 amide bonds. The molecule has 0 aliphatic carbocycles. The van der Waals surface area contributed by atoms with E-state index in [1.807, 2.05) is 106 Å². The van der Waals surface area contributed by atoms with E-state index < -0.39 is 0 Å². The van der Waals surface area contributed by atoms with Gasteiger partial charge in [-0.1, -0.05) is 66.7 Å². The second-order valence-electron chi connectivity index (χ2n) is 8.94. The number of allylic oxidation sites excluding steroid dienone is 5. The second-order valence-corrected chi connectivity index (χ2v) is 10.4. The monoisotopic (exact) mass is 557 g/mol. The quantitative estimate of drug-likeness (QED) is 0.189. The molecule has 6 nitrogen and oxygen atoms in total. The molecule has 1 heterocycles. The van der Waals surface area contributed by atoms with Crippen molar-refractivity contribution >= 4 is 40.4 Å². The van der Waals surface area contributed by atoms with Gasteiger partial charge in [0, 0.05) is 29.9 Å². The Morgan fingerprint density at radius 3 is 2.38 bits per heavy atom. The fraction of sp³-hybridized carbons (Fsp3) is 0.258. The first kappa shape index (κ1) is 29.9. The smallest absolute Gasteiger partial charge is 0.268 e. The first-order chi connectivity index (χ1) is 18.8. The molecular weight excluding hydrogens is 523 g/mol. The van der Waals surface area contributed by atoms with Crippen molar-refractivity contribution in [3.8, 4) is 6.07 Å². The topological polar surface area (TPSA) is 71.7 Å². The molecule has 2 aromatic rings. The molecule has 39 heavy (non-hydrogen) atoms. The molecule has 3 rings (SSSR count). The van der Waals surface area contributed by atoms with Crippen LogP contribution in [0.15, 0.2) is 106 Å². The summed E-state index contributed by atoms with van der Waals surface area (Å²) in [5.74, 6) is -0.0852. The lowest BCUT2D eigenvalue weighted by molar-refractivity contribution is -0.122. The minimum Gasteiger partial charge on any atom is -0.384 e.